The number of thiazole rings is 1. The van der Waals surface area contributed by atoms with Gasteiger partial charge in [0.15, 0.2) is 9.84 Å². The van der Waals surface area contributed by atoms with Gasteiger partial charge in [-0.15, -0.1) is 11.3 Å². The predicted molar refractivity (Wildman–Crippen MR) is 145 cm³/mol. The number of nitrogens with zero attached hydrogens (tertiary/aromatic N) is 4. The monoisotopic (exact) mass is 571 g/mol. The van der Waals surface area contributed by atoms with Crippen LogP contribution in [0.25, 0.3) is 21.0 Å². The van der Waals surface area contributed by atoms with Gasteiger partial charge in [-0.1, -0.05) is 12.1 Å². The number of halogens is 2. The maximum atomic E-state index is 14.5. The van der Waals surface area contributed by atoms with Crippen molar-refractivity contribution in [2.45, 2.75) is 31.4 Å². The number of nitriles is 1. The van der Waals surface area contributed by atoms with Gasteiger partial charge in [0.2, 0.25) is 5.91 Å². The van der Waals surface area contributed by atoms with Crippen molar-refractivity contribution in [3.05, 3.63) is 54.2 Å². The number of alkyl halides is 1. The number of hydrogen-bond donors (Lipinski definition) is 1. The molecule has 3 atom stereocenters. The lowest BCUT2D eigenvalue weighted by molar-refractivity contribution is -0.127. The number of anilines is 1. The first-order valence-electron chi connectivity index (χ1n) is 12.7. The first-order valence-corrected chi connectivity index (χ1v) is 15.3. The number of carbonyl (C=O) groups excluding carboxylic acids is 1. The number of benzene rings is 1. The largest absolute Gasteiger partial charge is 0.369 e. The van der Waals surface area contributed by atoms with Crippen LogP contribution in [0.3, 0.4) is 0 Å². The summed E-state index contributed by atoms with van der Waals surface area (Å²) in [6, 6.07) is 10.9. The summed E-state index contributed by atoms with van der Waals surface area (Å²) in [6.07, 6.45) is 2.24. The zero-order chi connectivity index (χ0) is 27.6. The van der Waals surface area contributed by atoms with E-state index in [2.05, 4.69) is 10.3 Å². The molecule has 5 rings (SSSR count). The first kappa shape index (κ1) is 27.1. The molecule has 1 saturated carbocycles. The zero-order valence-electron chi connectivity index (χ0n) is 21.0. The second kappa shape index (κ2) is 11.4. The molecule has 1 aromatic carbocycles. The molecule has 3 heterocycles. The Labute approximate surface area is 229 Å². The van der Waals surface area contributed by atoms with Crippen molar-refractivity contribution < 1.29 is 22.0 Å². The third-order valence-corrected chi connectivity index (χ3v) is 10.0. The smallest absolute Gasteiger partial charge is 0.224 e. The Balaban J connectivity index is 1.52. The number of nitrogens with one attached hydrogen (secondary N) is 1. The van der Waals surface area contributed by atoms with E-state index >= 15 is 0 Å². The van der Waals surface area contributed by atoms with Crippen LogP contribution in [0.4, 0.5) is 14.5 Å². The molecule has 2 aliphatic rings. The Kier molecular flexibility index (Phi) is 7.91. The molecule has 1 aliphatic heterocycles. The first-order chi connectivity index (χ1) is 18.7. The Bertz CT molecular complexity index is 1490. The maximum absolute atomic E-state index is 14.5. The van der Waals surface area contributed by atoms with Gasteiger partial charge in [0, 0.05) is 42.4 Å². The third-order valence-electron chi connectivity index (χ3n) is 7.26. The number of pyridine rings is 1. The molecule has 2 fully saturated rings. The minimum Gasteiger partial charge on any atom is -0.369 e. The number of carbonyl (C=O) groups is 1. The molecule has 1 aliphatic carbocycles. The quantitative estimate of drug-likeness (QED) is 0.443. The van der Waals surface area contributed by atoms with Gasteiger partial charge in [-0.2, -0.15) is 5.26 Å². The summed E-state index contributed by atoms with van der Waals surface area (Å²) in [7, 11) is -3.00. The lowest BCUT2D eigenvalue weighted by Crippen LogP contribution is -2.40. The van der Waals surface area contributed by atoms with Crippen LogP contribution >= 0.6 is 11.3 Å². The Morgan fingerprint density at radius 2 is 1.90 bits per heavy atom. The lowest BCUT2D eigenvalue weighted by atomic mass is 9.75. The molecule has 1 saturated heterocycles. The average molecular weight is 572 g/mol. The number of hydrogen-bond acceptors (Lipinski definition) is 8. The molecule has 1 amide bonds. The molecule has 12 heteroatoms. The molecule has 0 bridgehead atoms. The molecule has 1 N–H and O–H groups in total. The van der Waals surface area contributed by atoms with E-state index in [4.69, 9.17) is 10.2 Å². The molecule has 0 spiro atoms. The number of aromatic nitrogens is 2. The second-order valence-corrected chi connectivity index (χ2v) is 13.1. The lowest BCUT2D eigenvalue weighted by Gasteiger charge is -2.32. The van der Waals surface area contributed by atoms with Gasteiger partial charge in [0.05, 0.1) is 34.3 Å². The SMILES string of the molecule is N#CCNC(=O)C1CC(F)CCC1c1nc(-c2cncc(F)c2)sc1-c1ccc(N2CCS(=O)(=O)CC2)cc1. The average Bonchev–Trinajstić information content (AvgIpc) is 3.37. The summed E-state index contributed by atoms with van der Waals surface area (Å²) in [5, 5.41) is 12.0. The Morgan fingerprint density at radius 3 is 2.59 bits per heavy atom. The van der Waals surface area contributed by atoms with E-state index in [0.717, 1.165) is 22.3 Å². The Morgan fingerprint density at radius 1 is 1.15 bits per heavy atom. The molecule has 3 unspecified atom stereocenters. The molecule has 39 heavy (non-hydrogen) atoms. The minimum atomic E-state index is -3.00. The van der Waals surface area contributed by atoms with E-state index in [1.54, 1.807) is 0 Å². The summed E-state index contributed by atoms with van der Waals surface area (Å²) in [5.74, 6) is -1.73. The highest BCUT2D eigenvalue weighted by Crippen LogP contribution is 2.46. The molecule has 3 aromatic rings. The fourth-order valence-electron chi connectivity index (χ4n) is 5.23. The van der Waals surface area contributed by atoms with Crippen molar-refractivity contribution in [1.29, 1.82) is 5.26 Å². The van der Waals surface area contributed by atoms with Gasteiger partial charge in [-0.3, -0.25) is 9.78 Å². The Hall–Kier alpha value is -3.43. The van der Waals surface area contributed by atoms with Gasteiger partial charge in [-0.25, -0.2) is 22.2 Å². The summed E-state index contributed by atoms with van der Waals surface area (Å²) in [5.41, 5.74) is 2.88. The van der Waals surface area contributed by atoms with Gasteiger partial charge in [-0.05, 0) is 43.0 Å². The van der Waals surface area contributed by atoms with Crippen LogP contribution in [0.1, 0.15) is 30.9 Å². The van der Waals surface area contributed by atoms with Crippen molar-refractivity contribution in [2.75, 3.05) is 36.0 Å². The van der Waals surface area contributed by atoms with Crippen molar-refractivity contribution >= 4 is 32.8 Å². The zero-order valence-corrected chi connectivity index (χ0v) is 22.6. The van der Waals surface area contributed by atoms with Gasteiger partial charge in [0.1, 0.15) is 23.5 Å². The maximum Gasteiger partial charge on any atom is 0.224 e. The van der Waals surface area contributed by atoms with Gasteiger partial charge < -0.3 is 10.2 Å². The van der Waals surface area contributed by atoms with E-state index < -0.39 is 27.7 Å². The van der Waals surface area contributed by atoms with Crippen LogP contribution in [0.15, 0.2) is 42.7 Å². The van der Waals surface area contributed by atoms with Crippen molar-refractivity contribution in [1.82, 2.24) is 15.3 Å². The molecule has 0 radical (unpaired) electrons. The van der Waals surface area contributed by atoms with E-state index in [-0.39, 0.29) is 42.7 Å². The molecular formula is C27H27F2N5O3S2. The van der Waals surface area contributed by atoms with Crippen molar-refractivity contribution in [3.63, 3.8) is 0 Å². The van der Waals surface area contributed by atoms with Gasteiger partial charge in [0.25, 0.3) is 0 Å². The topological polar surface area (TPSA) is 116 Å². The molecule has 2 aromatic heterocycles. The summed E-state index contributed by atoms with van der Waals surface area (Å²) < 4.78 is 52.1. The highest BCUT2D eigenvalue weighted by atomic mass is 32.2. The normalized spacial score (nSPS) is 22.7. The van der Waals surface area contributed by atoms with Crippen LogP contribution in [-0.2, 0) is 14.6 Å². The van der Waals surface area contributed by atoms with E-state index in [1.165, 1.54) is 23.6 Å². The minimum absolute atomic E-state index is 0.0343. The highest BCUT2D eigenvalue weighted by molar-refractivity contribution is 7.91. The van der Waals surface area contributed by atoms with E-state index in [1.807, 2.05) is 35.2 Å². The second-order valence-electron chi connectivity index (χ2n) is 9.81. The molecular weight excluding hydrogens is 544 g/mol. The molecule has 8 nitrogen and oxygen atoms in total. The predicted octanol–water partition coefficient (Wildman–Crippen LogP) is 4.11. The van der Waals surface area contributed by atoms with E-state index in [9.17, 15) is 22.0 Å². The number of sulfone groups is 1. The van der Waals surface area contributed by atoms with Crippen LogP contribution in [-0.4, -0.2) is 61.6 Å². The number of amides is 1. The van der Waals surface area contributed by atoms with Gasteiger partial charge >= 0.3 is 0 Å². The fourth-order valence-corrected chi connectivity index (χ4v) is 7.55. The van der Waals surface area contributed by atoms with Crippen LogP contribution < -0.4 is 10.2 Å². The summed E-state index contributed by atoms with van der Waals surface area (Å²) in [6.45, 7) is 0.689. The van der Waals surface area contributed by atoms with Crippen molar-refractivity contribution in [2.24, 2.45) is 5.92 Å². The summed E-state index contributed by atoms with van der Waals surface area (Å²) >= 11 is 1.35. The fraction of sp³-hybridized carbons (Fsp3) is 0.407. The number of rotatable bonds is 6. The summed E-state index contributed by atoms with van der Waals surface area (Å²) in [4.78, 5) is 24.6. The molecule has 204 valence electrons. The standard InChI is InChI=1S/C27H27F2N5O3S2/c28-19-3-6-22(23(14-19)26(35)32-8-7-30)24-25(38-27(33-24)18-13-20(29)16-31-15-18)17-1-4-21(5-2-17)34-9-11-39(36,37)12-10-34/h1-2,4-5,13,15-16,19,22-23H,3,6,8-12,14H2,(H,32,35). The highest BCUT2D eigenvalue weighted by Gasteiger charge is 2.39. The van der Waals surface area contributed by atoms with Crippen molar-refractivity contribution in [3.8, 4) is 27.1 Å². The van der Waals surface area contributed by atoms with Crippen LogP contribution in [0, 0.1) is 23.1 Å². The van der Waals surface area contributed by atoms with E-state index in [0.29, 0.717) is 35.8 Å². The van der Waals surface area contributed by atoms with Crippen LogP contribution in [0.5, 0.6) is 0 Å². The van der Waals surface area contributed by atoms with Crippen LogP contribution in [0.2, 0.25) is 0 Å². The third kappa shape index (κ3) is 6.09.